The van der Waals surface area contributed by atoms with Crippen LogP contribution in [-0.4, -0.2) is 65.3 Å². The highest BCUT2D eigenvalue weighted by atomic mass is 16.6. The van der Waals surface area contributed by atoms with Crippen molar-refractivity contribution >= 4 is 17.6 Å². The third kappa shape index (κ3) is 6.25. The van der Waals surface area contributed by atoms with Crippen LogP contribution in [0.25, 0.3) is 0 Å². The van der Waals surface area contributed by atoms with Crippen molar-refractivity contribution in [1.82, 2.24) is 10.6 Å². The molecule has 160 valence electrons. The van der Waals surface area contributed by atoms with E-state index < -0.39 is 36.8 Å². The highest BCUT2D eigenvalue weighted by Crippen LogP contribution is 2.30. The van der Waals surface area contributed by atoms with Gasteiger partial charge in [0.2, 0.25) is 11.8 Å². The Morgan fingerprint density at radius 1 is 1.07 bits per heavy atom. The van der Waals surface area contributed by atoms with E-state index in [1.165, 1.54) is 6.42 Å². The highest BCUT2D eigenvalue weighted by Gasteiger charge is 2.54. The molecule has 3 atom stereocenters. The number of nitrogens with one attached hydrogen (secondary N) is 2. The molecule has 0 aromatic rings. The number of aliphatic hydroxyl groups excluding tert-OH is 2. The van der Waals surface area contributed by atoms with E-state index in [9.17, 15) is 24.6 Å². The maximum atomic E-state index is 12.7. The third-order valence-electron chi connectivity index (χ3n) is 5.57. The number of carbonyl (C=O) groups excluding carboxylic acids is 3. The number of hydrogen-bond donors (Lipinski definition) is 4. The van der Waals surface area contributed by atoms with Crippen LogP contribution >= 0.6 is 0 Å². The Morgan fingerprint density at radius 2 is 1.71 bits per heavy atom. The Hall–Kier alpha value is -1.51. The summed E-state index contributed by atoms with van der Waals surface area (Å²) in [4.78, 5) is 37.5. The maximum Gasteiger partial charge on any atom is 0.245 e. The molecule has 1 aliphatic heterocycles. The summed E-state index contributed by atoms with van der Waals surface area (Å²) in [6.07, 6.45) is 6.19. The quantitative estimate of drug-likeness (QED) is 0.371. The number of aliphatic hydroxyl groups is 2. The summed E-state index contributed by atoms with van der Waals surface area (Å²) in [7, 11) is 0. The van der Waals surface area contributed by atoms with Crippen LogP contribution in [0.5, 0.6) is 0 Å². The van der Waals surface area contributed by atoms with Crippen molar-refractivity contribution in [3.63, 3.8) is 0 Å². The molecule has 0 unspecified atom stereocenters. The molecule has 0 bridgehead atoms. The first-order valence-electron chi connectivity index (χ1n) is 10.3. The number of epoxide rings is 1. The molecule has 1 aliphatic carbocycles. The lowest BCUT2D eigenvalue weighted by Gasteiger charge is -2.25. The molecule has 8 heteroatoms. The van der Waals surface area contributed by atoms with Crippen LogP contribution in [0, 0.1) is 11.8 Å². The summed E-state index contributed by atoms with van der Waals surface area (Å²) in [6, 6.07) is -1.95. The number of ether oxygens (including phenoxy) is 1. The Labute approximate surface area is 166 Å². The Kier molecular flexibility index (Phi) is 8.39. The van der Waals surface area contributed by atoms with Gasteiger partial charge in [-0.2, -0.15) is 0 Å². The Morgan fingerprint density at radius 3 is 2.21 bits per heavy atom. The minimum Gasteiger partial charge on any atom is -0.394 e. The normalized spacial score (nSPS) is 24.5. The van der Waals surface area contributed by atoms with Crippen LogP contribution < -0.4 is 10.6 Å². The van der Waals surface area contributed by atoms with Crippen LogP contribution in [0.1, 0.15) is 58.8 Å². The van der Waals surface area contributed by atoms with Gasteiger partial charge in [-0.15, -0.1) is 0 Å². The average Bonchev–Trinajstić information content (AvgIpc) is 3.46. The van der Waals surface area contributed by atoms with Crippen molar-refractivity contribution in [3.8, 4) is 0 Å². The maximum absolute atomic E-state index is 12.7. The molecule has 0 aromatic carbocycles. The van der Waals surface area contributed by atoms with Crippen LogP contribution in [-0.2, 0) is 19.1 Å². The van der Waals surface area contributed by atoms with Crippen molar-refractivity contribution in [2.45, 2.75) is 76.5 Å². The van der Waals surface area contributed by atoms with Crippen LogP contribution in [0.4, 0.5) is 0 Å². The minimum absolute atomic E-state index is 0.122. The van der Waals surface area contributed by atoms with Crippen molar-refractivity contribution in [2.24, 2.45) is 11.8 Å². The second kappa shape index (κ2) is 10.3. The Balaban J connectivity index is 1.93. The number of rotatable bonds is 11. The second-order valence-corrected chi connectivity index (χ2v) is 8.51. The number of amides is 2. The minimum atomic E-state index is -1.23. The Bertz CT molecular complexity index is 555. The lowest BCUT2D eigenvalue weighted by Crippen LogP contribution is -2.55. The first kappa shape index (κ1) is 22.8. The largest absolute Gasteiger partial charge is 0.394 e. The van der Waals surface area contributed by atoms with Gasteiger partial charge in [0.1, 0.15) is 6.04 Å². The smallest absolute Gasteiger partial charge is 0.245 e. The van der Waals surface area contributed by atoms with Gasteiger partial charge in [0, 0.05) is 6.42 Å². The van der Waals surface area contributed by atoms with E-state index in [4.69, 9.17) is 4.74 Å². The van der Waals surface area contributed by atoms with Crippen LogP contribution in [0.2, 0.25) is 0 Å². The van der Waals surface area contributed by atoms with E-state index in [1.807, 2.05) is 13.8 Å². The molecule has 0 radical (unpaired) electrons. The van der Waals surface area contributed by atoms with Gasteiger partial charge in [0.05, 0.1) is 25.9 Å². The molecule has 0 aromatic heterocycles. The first-order valence-corrected chi connectivity index (χ1v) is 10.3. The zero-order valence-corrected chi connectivity index (χ0v) is 16.9. The average molecular weight is 399 g/mol. The molecule has 28 heavy (non-hydrogen) atoms. The molecule has 1 heterocycles. The fourth-order valence-electron chi connectivity index (χ4n) is 3.79. The fraction of sp³-hybridized carbons (Fsp3) is 0.850. The lowest BCUT2D eigenvalue weighted by atomic mass is 9.87. The van der Waals surface area contributed by atoms with Gasteiger partial charge in [0.25, 0.3) is 0 Å². The van der Waals surface area contributed by atoms with Crippen molar-refractivity contribution in [1.29, 1.82) is 0 Å². The number of hydrogen-bond acceptors (Lipinski definition) is 6. The van der Waals surface area contributed by atoms with Crippen molar-refractivity contribution in [3.05, 3.63) is 0 Å². The zero-order chi connectivity index (χ0) is 20.7. The molecule has 2 fully saturated rings. The molecule has 2 amide bonds. The van der Waals surface area contributed by atoms with Gasteiger partial charge in [-0.1, -0.05) is 33.1 Å². The molecular weight excluding hydrogens is 364 g/mol. The summed E-state index contributed by atoms with van der Waals surface area (Å²) in [5, 5.41) is 24.2. The summed E-state index contributed by atoms with van der Waals surface area (Å²) in [5.74, 6) is -0.792. The van der Waals surface area contributed by atoms with Crippen molar-refractivity contribution in [2.75, 3.05) is 19.8 Å². The topological polar surface area (TPSA) is 128 Å². The van der Waals surface area contributed by atoms with Crippen molar-refractivity contribution < 1.29 is 29.3 Å². The standard InChI is InChI=1S/C20H34N2O6/c1-13(2)8-15(18(26)20(11-24)12-28-20)22-19(27)16(10-23)21-17(25)9-14-6-4-3-5-7-14/h13-16,23-24H,3-12H2,1-2H3,(H,21,25)(H,22,27)/t15-,16-,20+/m0/s1. The van der Waals surface area contributed by atoms with Crippen LogP contribution in [0.15, 0.2) is 0 Å². The fourth-order valence-corrected chi connectivity index (χ4v) is 3.79. The summed E-state index contributed by atoms with van der Waals surface area (Å²) >= 11 is 0. The van der Waals surface area contributed by atoms with Gasteiger partial charge in [-0.3, -0.25) is 14.4 Å². The predicted molar refractivity (Wildman–Crippen MR) is 102 cm³/mol. The third-order valence-corrected chi connectivity index (χ3v) is 5.57. The highest BCUT2D eigenvalue weighted by molar-refractivity contribution is 5.98. The monoisotopic (exact) mass is 398 g/mol. The summed E-state index contributed by atoms with van der Waals surface area (Å²) in [6.45, 7) is 2.99. The predicted octanol–water partition coefficient (Wildman–Crippen LogP) is 0.295. The van der Waals surface area contributed by atoms with Gasteiger partial charge in [-0.05, 0) is 31.1 Å². The molecule has 1 saturated carbocycles. The summed E-state index contributed by atoms with van der Waals surface area (Å²) in [5.41, 5.74) is -1.23. The molecule has 2 aliphatic rings. The number of Topliss-reactive ketones (excluding diaryl/α,β-unsaturated/α-hetero) is 1. The van der Waals surface area contributed by atoms with E-state index >= 15 is 0 Å². The molecular formula is C20H34N2O6. The number of ketones is 1. The molecule has 1 saturated heterocycles. The van der Waals surface area contributed by atoms with Gasteiger partial charge in [0.15, 0.2) is 11.4 Å². The zero-order valence-electron chi connectivity index (χ0n) is 16.9. The first-order chi connectivity index (χ1) is 13.3. The van der Waals surface area contributed by atoms with Gasteiger partial charge < -0.3 is 25.6 Å². The van der Waals surface area contributed by atoms with Gasteiger partial charge in [-0.25, -0.2) is 0 Å². The molecule has 8 nitrogen and oxygen atoms in total. The van der Waals surface area contributed by atoms with E-state index in [0.29, 0.717) is 18.8 Å². The van der Waals surface area contributed by atoms with Crippen LogP contribution in [0.3, 0.4) is 0 Å². The molecule has 0 spiro atoms. The van der Waals surface area contributed by atoms with E-state index in [0.717, 1.165) is 25.7 Å². The molecule has 4 N–H and O–H groups in total. The van der Waals surface area contributed by atoms with E-state index in [-0.39, 0.29) is 24.2 Å². The van der Waals surface area contributed by atoms with E-state index in [2.05, 4.69) is 10.6 Å². The molecule has 2 rings (SSSR count). The van der Waals surface area contributed by atoms with E-state index in [1.54, 1.807) is 0 Å². The summed E-state index contributed by atoms with van der Waals surface area (Å²) < 4.78 is 5.12. The number of carbonyl (C=O) groups is 3. The van der Waals surface area contributed by atoms with Gasteiger partial charge >= 0.3 is 0 Å². The lowest BCUT2D eigenvalue weighted by molar-refractivity contribution is -0.135. The second-order valence-electron chi connectivity index (χ2n) is 8.51. The SMILES string of the molecule is CC(C)C[C@H](NC(=O)[C@H](CO)NC(=O)CC1CCCCC1)C(=O)[C@@]1(CO)CO1.